The van der Waals surface area contributed by atoms with Crippen molar-refractivity contribution in [2.45, 2.75) is 13.0 Å². The minimum atomic E-state index is 1.03. The highest BCUT2D eigenvalue weighted by atomic mass is 32.1. The van der Waals surface area contributed by atoms with Gasteiger partial charge in [-0.2, -0.15) is 5.10 Å². The van der Waals surface area contributed by atoms with Gasteiger partial charge in [-0.25, -0.2) is 0 Å². The number of aromatic nitrogens is 2. The van der Waals surface area contributed by atoms with Gasteiger partial charge in [0.2, 0.25) is 0 Å². The Balaban J connectivity index is 1.85. The number of nitrogens with one attached hydrogen (secondary N) is 1. The summed E-state index contributed by atoms with van der Waals surface area (Å²) in [6, 6.07) is 4.21. The van der Waals surface area contributed by atoms with E-state index in [1.807, 2.05) is 6.20 Å². The van der Waals surface area contributed by atoms with Crippen LogP contribution in [0.4, 0.5) is 0 Å². The topological polar surface area (TPSA) is 31.9 Å². The molecule has 0 bridgehead atoms. The number of rotatable bonds is 3. The van der Waals surface area contributed by atoms with Gasteiger partial charge in [-0.05, 0) is 31.0 Å². The Morgan fingerprint density at radius 3 is 3.07 bits per heavy atom. The van der Waals surface area contributed by atoms with Crippen LogP contribution in [-0.2, 0) is 6.54 Å². The van der Waals surface area contributed by atoms with E-state index in [-0.39, 0.29) is 0 Å². The maximum atomic E-state index is 4.14. The third-order valence-corrected chi connectivity index (χ3v) is 3.72. The summed E-state index contributed by atoms with van der Waals surface area (Å²) in [6.45, 7) is 3.49. The second-order valence-electron chi connectivity index (χ2n) is 3.88. The van der Waals surface area contributed by atoms with Crippen molar-refractivity contribution in [3.63, 3.8) is 0 Å². The van der Waals surface area contributed by atoms with Gasteiger partial charge in [0.15, 0.2) is 0 Å². The fourth-order valence-electron chi connectivity index (χ4n) is 1.85. The molecule has 1 fully saturated rings. The third-order valence-electron chi connectivity index (χ3n) is 2.83. The molecular weight excluding hydrogens is 206 g/mol. The number of hydrogen-bond donors (Lipinski definition) is 1. The van der Waals surface area contributed by atoms with E-state index >= 15 is 0 Å². The van der Waals surface area contributed by atoms with Gasteiger partial charge in [-0.15, -0.1) is 11.3 Å². The van der Waals surface area contributed by atoms with Crippen molar-refractivity contribution in [2.24, 2.45) is 0 Å². The van der Waals surface area contributed by atoms with E-state index in [0.717, 1.165) is 6.54 Å². The molecule has 0 aliphatic carbocycles. The van der Waals surface area contributed by atoms with Crippen LogP contribution in [0.15, 0.2) is 23.7 Å². The van der Waals surface area contributed by atoms with Gasteiger partial charge in [-0.3, -0.25) is 10.00 Å². The molecule has 0 unspecified atom stereocenters. The quantitative estimate of drug-likeness (QED) is 0.859. The average Bonchev–Trinajstić information content (AvgIpc) is 2.81. The number of likely N-dealkylation sites (tertiary alicyclic amines) is 1. The Bertz CT molecular complexity index is 428. The van der Waals surface area contributed by atoms with E-state index in [9.17, 15) is 0 Å². The predicted octanol–water partition coefficient (Wildman–Crippen LogP) is 2.34. The monoisotopic (exact) mass is 219 g/mol. The normalized spacial score (nSPS) is 16.5. The summed E-state index contributed by atoms with van der Waals surface area (Å²) in [5, 5.41) is 9.34. The minimum Gasteiger partial charge on any atom is -0.299 e. The number of hydrogen-bond acceptors (Lipinski definition) is 3. The molecule has 3 heterocycles. The number of nitrogens with zero attached hydrogens (tertiary/aromatic N) is 2. The van der Waals surface area contributed by atoms with E-state index in [1.54, 1.807) is 11.3 Å². The molecule has 0 atom stereocenters. The molecule has 2 aromatic rings. The molecule has 0 amide bonds. The van der Waals surface area contributed by atoms with Crippen molar-refractivity contribution in [3.8, 4) is 10.6 Å². The Labute approximate surface area is 92.7 Å². The summed E-state index contributed by atoms with van der Waals surface area (Å²) >= 11 is 1.76. The van der Waals surface area contributed by atoms with Crippen LogP contribution in [0.3, 0.4) is 0 Å². The highest BCUT2D eigenvalue weighted by Crippen LogP contribution is 2.27. The van der Waals surface area contributed by atoms with Gasteiger partial charge >= 0.3 is 0 Å². The van der Waals surface area contributed by atoms with Gasteiger partial charge in [0, 0.05) is 12.1 Å². The molecule has 4 heteroatoms. The Kier molecular flexibility index (Phi) is 2.31. The summed E-state index contributed by atoms with van der Waals surface area (Å²) in [5.41, 5.74) is 2.51. The lowest BCUT2D eigenvalue weighted by molar-refractivity contribution is 0.173. The molecule has 15 heavy (non-hydrogen) atoms. The highest BCUT2D eigenvalue weighted by molar-refractivity contribution is 7.13. The molecule has 0 aromatic carbocycles. The standard InChI is InChI=1S/C11H13N3S/c1-3-10(15-6-1)11-9(7-12-13-11)8-14-4-2-5-14/h1,3,6-7H,2,4-5,8H2,(H,12,13). The van der Waals surface area contributed by atoms with Gasteiger partial charge in [0.1, 0.15) is 0 Å². The fraction of sp³-hybridized carbons (Fsp3) is 0.364. The van der Waals surface area contributed by atoms with Crippen molar-refractivity contribution in [1.82, 2.24) is 15.1 Å². The molecule has 0 spiro atoms. The van der Waals surface area contributed by atoms with E-state index in [4.69, 9.17) is 0 Å². The lowest BCUT2D eigenvalue weighted by atomic mass is 10.1. The van der Waals surface area contributed by atoms with E-state index in [0.29, 0.717) is 0 Å². The van der Waals surface area contributed by atoms with Crippen molar-refractivity contribution in [3.05, 3.63) is 29.3 Å². The average molecular weight is 219 g/mol. The van der Waals surface area contributed by atoms with Crippen LogP contribution in [-0.4, -0.2) is 28.2 Å². The van der Waals surface area contributed by atoms with Gasteiger partial charge in [-0.1, -0.05) is 6.07 Å². The van der Waals surface area contributed by atoms with Gasteiger partial charge < -0.3 is 0 Å². The molecule has 1 aliphatic heterocycles. The van der Waals surface area contributed by atoms with E-state index < -0.39 is 0 Å². The maximum absolute atomic E-state index is 4.14. The van der Waals surface area contributed by atoms with Crippen molar-refractivity contribution >= 4 is 11.3 Å². The Hall–Kier alpha value is -1.13. The summed E-state index contributed by atoms with van der Waals surface area (Å²) in [6.07, 6.45) is 3.29. The molecule has 0 radical (unpaired) electrons. The molecule has 1 aliphatic rings. The molecule has 3 rings (SSSR count). The molecular formula is C11H13N3S. The summed E-state index contributed by atoms with van der Waals surface area (Å²) in [7, 11) is 0. The molecule has 3 nitrogen and oxygen atoms in total. The zero-order valence-corrected chi connectivity index (χ0v) is 9.26. The van der Waals surface area contributed by atoms with Crippen LogP contribution in [0, 0.1) is 0 Å². The van der Waals surface area contributed by atoms with Crippen LogP contribution < -0.4 is 0 Å². The zero-order chi connectivity index (χ0) is 10.1. The number of thiophene rings is 1. The van der Waals surface area contributed by atoms with Crippen molar-refractivity contribution < 1.29 is 0 Å². The van der Waals surface area contributed by atoms with Gasteiger partial charge in [0.25, 0.3) is 0 Å². The van der Waals surface area contributed by atoms with Crippen molar-refractivity contribution in [2.75, 3.05) is 13.1 Å². The first-order valence-electron chi connectivity index (χ1n) is 5.22. The van der Waals surface area contributed by atoms with Crippen LogP contribution in [0.25, 0.3) is 10.6 Å². The predicted molar refractivity (Wildman–Crippen MR) is 61.8 cm³/mol. The lowest BCUT2D eigenvalue weighted by Gasteiger charge is -2.30. The molecule has 2 aromatic heterocycles. The highest BCUT2D eigenvalue weighted by Gasteiger charge is 2.17. The molecule has 1 saturated heterocycles. The molecule has 0 saturated carbocycles. The first-order chi connectivity index (χ1) is 7.43. The Morgan fingerprint density at radius 2 is 2.40 bits per heavy atom. The van der Waals surface area contributed by atoms with Crippen molar-refractivity contribution in [1.29, 1.82) is 0 Å². The Morgan fingerprint density at radius 1 is 1.47 bits per heavy atom. The van der Waals surface area contributed by atoms with Gasteiger partial charge in [0.05, 0.1) is 16.8 Å². The first kappa shape index (κ1) is 9.12. The van der Waals surface area contributed by atoms with Crippen LogP contribution in [0.2, 0.25) is 0 Å². The largest absolute Gasteiger partial charge is 0.299 e. The number of aromatic amines is 1. The van der Waals surface area contributed by atoms with Crippen LogP contribution in [0.5, 0.6) is 0 Å². The summed E-state index contributed by atoms with van der Waals surface area (Å²) in [5.74, 6) is 0. The second kappa shape index (κ2) is 3.79. The zero-order valence-electron chi connectivity index (χ0n) is 8.44. The minimum absolute atomic E-state index is 1.03. The maximum Gasteiger partial charge on any atom is 0.0794 e. The summed E-state index contributed by atoms with van der Waals surface area (Å²) < 4.78 is 0. The lowest BCUT2D eigenvalue weighted by Crippen LogP contribution is -2.36. The van der Waals surface area contributed by atoms with Crippen LogP contribution >= 0.6 is 11.3 Å². The van der Waals surface area contributed by atoms with E-state index in [1.165, 1.54) is 35.6 Å². The third kappa shape index (κ3) is 1.70. The fourth-order valence-corrected chi connectivity index (χ4v) is 2.60. The smallest absolute Gasteiger partial charge is 0.0794 e. The molecule has 78 valence electrons. The van der Waals surface area contributed by atoms with Crippen LogP contribution in [0.1, 0.15) is 12.0 Å². The molecule has 1 N–H and O–H groups in total. The number of H-pyrrole nitrogens is 1. The summed E-state index contributed by atoms with van der Waals surface area (Å²) in [4.78, 5) is 3.73. The first-order valence-corrected chi connectivity index (χ1v) is 6.10. The SMILES string of the molecule is c1csc(-c2[nH]ncc2CN2CCC2)c1. The van der Waals surface area contributed by atoms with E-state index in [2.05, 4.69) is 32.6 Å². The second-order valence-corrected chi connectivity index (χ2v) is 4.82.